The first kappa shape index (κ1) is 8.05. The van der Waals surface area contributed by atoms with Crippen molar-refractivity contribution in [3.8, 4) is 0 Å². The van der Waals surface area contributed by atoms with Gasteiger partial charge in [0.2, 0.25) is 0 Å². The predicted molar refractivity (Wildman–Crippen MR) is 38.6 cm³/mol. The molecule has 1 unspecified atom stereocenters. The van der Waals surface area contributed by atoms with Gasteiger partial charge in [0.25, 0.3) is 0 Å². The molecule has 3 N–H and O–H groups in total. The van der Waals surface area contributed by atoms with Crippen LogP contribution in [0.2, 0.25) is 0 Å². The Morgan fingerprint density at radius 3 is 2.50 bits per heavy atom. The van der Waals surface area contributed by atoms with Gasteiger partial charge in [0.15, 0.2) is 0 Å². The van der Waals surface area contributed by atoms with Gasteiger partial charge in [-0.3, -0.25) is 0 Å². The summed E-state index contributed by atoms with van der Waals surface area (Å²) < 4.78 is 5.14. The van der Waals surface area contributed by atoms with E-state index in [1.54, 1.807) is 0 Å². The van der Waals surface area contributed by atoms with Gasteiger partial charge in [-0.2, -0.15) is 0 Å². The van der Waals surface area contributed by atoms with Crippen molar-refractivity contribution in [3.63, 3.8) is 0 Å². The summed E-state index contributed by atoms with van der Waals surface area (Å²) in [5.41, 5.74) is 5.31. The SMILES string of the molecule is [B][C@@H]1O[C@H](CN)C(O)[C@@H]1C. The minimum absolute atomic E-state index is 0.00597. The molecular formula is C6H12BNO2. The molecule has 3 nitrogen and oxygen atoms in total. The Morgan fingerprint density at radius 2 is 2.30 bits per heavy atom. The Bertz CT molecular complexity index is 122. The van der Waals surface area contributed by atoms with Gasteiger partial charge in [0.1, 0.15) is 7.85 Å². The molecule has 0 bridgehead atoms. The number of aliphatic hydroxyl groups excluding tert-OH is 1. The third-order valence-corrected chi connectivity index (χ3v) is 2.00. The molecule has 1 rings (SSSR count). The monoisotopic (exact) mass is 141 g/mol. The van der Waals surface area contributed by atoms with E-state index in [9.17, 15) is 5.11 Å². The minimum Gasteiger partial charge on any atom is -0.390 e. The van der Waals surface area contributed by atoms with Gasteiger partial charge in [-0.15, -0.1) is 0 Å². The molecule has 10 heavy (non-hydrogen) atoms. The summed E-state index contributed by atoms with van der Waals surface area (Å²) in [4.78, 5) is 0. The van der Waals surface area contributed by atoms with Crippen molar-refractivity contribution < 1.29 is 9.84 Å². The molecule has 0 saturated carbocycles. The van der Waals surface area contributed by atoms with Crippen LogP contribution in [0.3, 0.4) is 0 Å². The van der Waals surface area contributed by atoms with Crippen LogP contribution in [-0.2, 0) is 4.74 Å². The van der Waals surface area contributed by atoms with Gasteiger partial charge in [-0.1, -0.05) is 6.92 Å². The van der Waals surface area contributed by atoms with E-state index in [2.05, 4.69) is 0 Å². The molecule has 2 radical (unpaired) electrons. The third kappa shape index (κ3) is 1.19. The van der Waals surface area contributed by atoms with Crippen LogP contribution >= 0.6 is 0 Å². The van der Waals surface area contributed by atoms with E-state index in [0.717, 1.165) is 0 Å². The maximum absolute atomic E-state index is 9.34. The van der Waals surface area contributed by atoms with Crippen LogP contribution < -0.4 is 5.73 Å². The molecule has 1 heterocycles. The standard InChI is InChI=1S/C6H12BNO2/c1-3-5(9)4(2-8)10-6(3)7/h3-6,9H,2,8H2,1H3/t3-,4+,5?,6+/m0/s1. The Balaban J connectivity index is 2.53. The normalized spacial score (nSPS) is 47.9. The zero-order valence-corrected chi connectivity index (χ0v) is 6.03. The third-order valence-electron chi connectivity index (χ3n) is 2.00. The van der Waals surface area contributed by atoms with E-state index in [0.29, 0.717) is 6.54 Å². The molecule has 0 amide bonds. The van der Waals surface area contributed by atoms with E-state index in [-0.39, 0.29) is 18.0 Å². The highest BCUT2D eigenvalue weighted by Gasteiger charge is 2.36. The van der Waals surface area contributed by atoms with Crippen LogP contribution in [0.1, 0.15) is 6.92 Å². The Kier molecular flexibility index (Phi) is 2.34. The van der Waals surface area contributed by atoms with E-state index < -0.39 is 6.10 Å². The molecule has 1 aliphatic heterocycles. The quantitative estimate of drug-likeness (QED) is 0.452. The van der Waals surface area contributed by atoms with Crippen molar-refractivity contribution in [2.24, 2.45) is 11.7 Å². The predicted octanol–water partition coefficient (Wildman–Crippen LogP) is -1.16. The molecule has 0 aromatic rings. The van der Waals surface area contributed by atoms with Gasteiger partial charge in [-0.05, 0) is 0 Å². The highest BCUT2D eigenvalue weighted by Crippen LogP contribution is 2.23. The molecule has 0 aromatic heterocycles. The first-order valence-electron chi connectivity index (χ1n) is 3.46. The first-order valence-corrected chi connectivity index (χ1v) is 3.46. The summed E-state index contributed by atoms with van der Waals surface area (Å²) >= 11 is 0. The molecule has 0 aromatic carbocycles. The van der Waals surface area contributed by atoms with Crippen molar-refractivity contribution >= 4 is 7.85 Å². The van der Waals surface area contributed by atoms with E-state index in [4.69, 9.17) is 18.3 Å². The summed E-state index contributed by atoms with van der Waals surface area (Å²) in [6, 6.07) is -0.358. The van der Waals surface area contributed by atoms with Crippen LogP contribution in [0, 0.1) is 5.92 Å². The maximum Gasteiger partial charge on any atom is 0.109 e. The summed E-state index contributed by atoms with van der Waals surface area (Å²) in [6.45, 7) is 2.18. The zero-order chi connectivity index (χ0) is 7.72. The van der Waals surface area contributed by atoms with Crippen molar-refractivity contribution in [2.45, 2.75) is 25.1 Å². The Labute approximate surface area is 62.0 Å². The van der Waals surface area contributed by atoms with Crippen molar-refractivity contribution in [1.82, 2.24) is 0 Å². The van der Waals surface area contributed by atoms with Gasteiger partial charge < -0.3 is 15.6 Å². The van der Waals surface area contributed by atoms with Gasteiger partial charge >= 0.3 is 0 Å². The lowest BCUT2D eigenvalue weighted by Crippen LogP contribution is -2.31. The molecule has 4 atom stereocenters. The largest absolute Gasteiger partial charge is 0.390 e. The van der Waals surface area contributed by atoms with E-state index in [1.807, 2.05) is 6.92 Å². The fourth-order valence-electron chi connectivity index (χ4n) is 1.13. The molecule has 1 fully saturated rings. The van der Waals surface area contributed by atoms with Crippen LogP contribution in [0.4, 0.5) is 0 Å². The van der Waals surface area contributed by atoms with Gasteiger partial charge in [0.05, 0.1) is 12.2 Å². The molecule has 0 aliphatic carbocycles. The molecule has 56 valence electrons. The second-order valence-corrected chi connectivity index (χ2v) is 2.72. The molecule has 1 saturated heterocycles. The van der Waals surface area contributed by atoms with Gasteiger partial charge in [-0.25, -0.2) is 0 Å². The van der Waals surface area contributed by atoms with E-state index >= 15 is 0 Å². The molecule has 1 aliphatic rings. The van der Waals surface area contributed by atoms with Crippen LogP contribution in [0.25, 0.3) is 0 Å². The zero-order valence-electron chi connectivity index (χ0n) is 6.03. The number of hydrogen-bond donors (Lipinski definition) is 2. The van der Waals surface area contributed by atoms with Crippen LogP contribution in [0.5, 0.6) is 0 Å². The highest BCUT2D eigenvalue weighted by molar-refractivity contribution is 6.11. The number of hydrogen-bond acceptors (Lipinski definition) is 3. The average molecular weight is 141 g/mol. The number of rotatable bonds is 1. The van der Waals surface area contributed by atoms with Crippen molar-refractivity contribution in [2.75, 3.05) is 6.54 Å². The number of ether oxygens (including phenoxy) is 1. The summed E-state index contributed by atoms with van der Waals surface area (Å²) in [5.74, 6) is -0.00597. The van der Waals surface area contributed by atoms with Gasteiger partial charge in [0, 0.05) is 18.5 Å². The molecule has 4 heteroatoms. The lowest BCUT2D eigenvalue weighted by Gasteiger charge is -2.11. The Morgan fingerprint density at radius 1 is 1.70 bits per heavy atom. The molecular weight excluding hydrogens is 129 g/mol. The molecule has 0 spiro atoms. The van der Waals surface area contributed by atoms with E-state index in [1.165, 1.54) is 0 Å². The second kappa shape index (κ2) is 2.90. The van der Waals surface area contributed by atoms with Crippen molar-refractivity contribution in [1.29, 1.82) is 0 Å². The first-order chi connectivity index (χ1) is 4.66. The summed E-state index contributed by atoms with van der Waals surface area (Å²) in [6.07, 6.45) is -0.773. The fourth-order valence-corrected chi connectivity index (χ4v) is 1.13. The topological polar surface area (TPSA) is 55.5 Å². The average Bonchev–Trinajstić information content (AvgIpc) is 2.17. The van der Waals surface area contributed by atoms with Crippen LogP contribution in [-0.4, -0.2) is 37.7 Å². The highest BCUT2D eigenvalue weighted by atomic mass is 16.5. The summed E-state index contributed by atoms with van der Waals surface area (Å²) in [5, 5.41) is 9.34. The minimum atomic E-state index is -0.500. The van der Waals surface area contributed by atoms with Crippen molar-refractivity contribution in [3.05, 3.63) is 0 Å². The Hall–Kier alpha value is -0.0551. The smallest absolute Gasteiger partial charge is 0.109 e. The summed E-state index contributed by atoms with van der Waals surface area (Å²) in [7, 11) is 5.50. The lowest BCUT2D eigenvalue weighted by molar-refractivity contribution is 0.0378. The maximum atomic E-state index is 9.34. The van der Waals surface area contributed by atoms with Crippen LogP contribution in [0.15, 0.2) is 0 Å². The second-order valence-electron chi connectivity index (χ2n) is 2.72. The number of aliphatic hydroxyl groups is 1. The number of nitrogens with two attached hydrogens (primary N) is 1. The fraction of sp³-hybridized carbons (Fsp3) is 1.00. The lowest BCUT2D eigenvalue weighted by atomic mass is 9.86.